The van der Waals surface area contributed by atoms with Crippen molar-refractivity contribution in [3.05, 3.63) is 0 Å². The minimum Gasteiger partial charge on any atom is -0.367 e. The Labute approximate surface area is 210 Å². The molecule has 6 nitrogen and oxygen atoms in total. The monoisotopic (exact) mass is 484 g/mol. The summed E-state index contributed by atoms with van der Waals surface area (Å²) >= 11 is 0. The Balaban J connectivity index is 3.86. The third kappa shape index (κ3) is 22.6. The molecule has 0 saturated heterocycles. The number of nitrogens with zero attached hydrogens (tertiary/aromatic N) is 1. The molecule has 0 rings (SSSR count). The van der Waals surface area contributed by atoms with Crippen LogP contribution in [0.4, 0.5) is 0 Å². The minimum atomic E-state index is -1.55. The molecule has 0 fully saturated rings. The SMILES string of the molecule is CCCCCCCCCCCC(=O)NCCN(CC(O)O)C(=O)CCCCCCCCCCC. The zero-order chi connectivity index (χ0) is 25.3. The molecule has 0 bridgehead atoms. The molecule has 0 aromatic heterocycles. The zero-order valence-electron chi connectivity index (χ0n) is 22.5. The van der Waals surface area contributed by atoms with E-state index in [1.54, 1.807) is 0 Å². The van der Waals surface area contributed by atoms with Crippen LogP contribution in [0.3, 0.4) is 0 Å². The average molecular weight is 485 g/mol. The van der Waals surface area contributed by atoms with Crippen LogP contribution in [0.15, 0.2) is 0 Å². The zero-order valence-corrected chi connectivity index (χ0v) is 22.5. The van der Waals surface area contributed by atoms with Gasteiger partial charge in [-0.2, -0.15) is 0 Å². The van der Waals surface area contributed by atoms with Gasteiger partial charge in [-0.05, 0) is 12.8 Å². The number of carbonyl (C=O) groups is 2. The molecule has 0 heterocycles. The predicted octanol–water partition coefficient (Wildman–Crippen LogP) is 6.08. The van der Waals surface area contributed by atoms with Gasteiger partial charge < -0.3 is 20.4 Å². The van der Waals surface area contributed by atoms with Crippen LogP contribution in [-0.4, -0.2) is 52.9 Å². The molecule has 3 N–H and O–H groups in total. The van der Waals surface area contributed by atoms with Gasteiger partial charge in [-0.25, -0.2) is 0 Å². The fourth-order valence-corrected chi connectivity index (χ4v) is 4.27. The second-order valence-corrected chi connectivity index (χ2v) is 9.83. The Morgan fingerprint density at radius 2 is 1.06 bits per heavy atom. The summed E-state index contributed by atoms with van der Waals surface area (Å²) in [4.78, 5) is 26.0. The summed E-state index contributed by atoms with van der Waals surface area (Å²) in [6.45, 7) is 5.02. The van der Waals surface area contributed by atoms with Gasteiger partial charge in [-0.1, -0.05) is 117 Å². The Kier molecular flexibility index (Phi) is 24.1. The molecule has 34 heavy (non-hydrogen) atoms. The van der Waals surface area contributed by atoms with E-state index < -0.39 is 6.29 Å². The minimum absolute atomic E-state index is 0.0128. The maximum Gasteiger partial charge on any atom is 0.222 e. The van der Waals surface area contributed by atoms with Gasteiger partial charge in [0.15, 0.2) is 6.29 Å². The molecule has 0 unspecified atom stereocenters. The molecule has 6 heteroatoms. The van der Waals surface area contributed by atoms with E-state index in [4.69, 9.17) is 0 Å². The van der Waals surface area contributed by atoms with Crippen LogP contribution in [0.2, 0.25) is 0 Å². The number of nitrogens with one attached hydrogen (secondary N) is 1. The summed E-state index contributed by atoms with van der Waals surface area (Å²) in [5.41, 5.74) is 0. The lowest BCUT2D eigenvalue weighted by atomic mass is 10.1. The van der Waals surface area contributed by atoms with Crippen LogP contribution in [0.25, 0.3) is 0 Å². The first-order chi connectivity index (χ1) is 16.5. The highest BCUT2D eigenvalue weighted by atomic mass is 16.5. The van der Waals surface area contributed by atoms with Gasteiger partial charge in [0, 0.05) is 25.9 Å². The number of amides is 2. The van der Waals surface area contributed by atoms with Gasteiger partial charge in [0.1, 0.15) is 0 Å². The van der Waals surface area contributed by atoms with Crippen molar-refractivity contribution in [2.45, 2.75) is 149 Å². The molecule has 0 aliphatic heterocycles. The highest BCUT2D eigenvalue weighted by Crippen LogP contribution is 2.12. The van der Waals surface area contributed by atoms with Gasteiger partial charge in [0.25, 0.3) is 0 Å². The number of hydrogen-bond acceptors (Lipinski definition) is 4. The molecule has 0 saturated carbocycles. The smallest absolute Gasteiger partial charge is 0.222 e. The van der Waals surface area contributed by atoms with Gasteiger partial charge in [0.05, 0.1) is 6.54 Å². The second kappa shape index (κ2) is 25.0. The van der Waals surface area contributed by atoms with Crippen LogP contribution in [0.5, 0.6) is 0 Å². The lowest BCUT2D eigenvalue weighted by Crippen LogP contribution is -2.42. The van der Waals surface area contributed by atoms with E-state index in [1.165, 1.54) is 88.4 Å². The van der Waals surface area contributed by atoms with Gasteiger partial charge in [0.2, 0.25) is 11.8 Å². The Hall–Kier alpha value is -1.14. The summed E-state index contributed by atoms with van der Waals surface area (Å²) in [6, 6.07) is 0. The fourth-order valence-electron chi connectivity index (χ4n) is 4.27. The fraction of sp³-hybridized carbons (Fsp3) is 0.929. The average Bonchev–Trinajstić information content (AvgIpc) is 2.81. The second-order valence-electron chi connectivity index (χ2n) is 9.83. The van der Waals surface area contributed by atoms with Gasteiger partial charge in [-0.3, -0.25) is 9.59 Å². The number of aliphatic hydroxyl groups is 2. The van der Waals surface area contributed by atoms with E-state index in [9.17, 15) is 19.8 Å². The number of carbonyl (C=O) groups excluding carboxylic acids is 2. The largest absolute Gasteiger partial charge is 0.367 e. The number of aliphatic hydroxyl groups excluding tert-OH is 1. The highest BCUT2D eigenvalue weighted by molar-refractivity contribution is 5.77. The lowest BCUT2D eigenvalue weighted by molar-refractivity contribution is -0.138. The van der Waals surface area contributed by atoms with Crippen molar-refractivity contribution in [3.63, 3.8) is 0 Å². The Morgan fingerprint density at radius 3 is 1.50 bits per heavy atom. The Morgan fingerprint density at radius 1 is 0.647 bits per heavy atom. The van der Waals surface area contributed by atoms with Crippen LogP contribution in [0.1, 0.15) is 142 Å². The van der Waals surface area contributed by atoms with E-state index in [1.807, 2.05) is 0 Å². The van der Waals surface area contributed by atoms with Gasteiger partial charge in [-0.15, -0.1) is 0 Å². The molecule has 202 valence electrons. The predicted molar refractivity (Wildman–Crippen MR) is 142 cm³/mol. The molecular weight excluding hydrogens is 428 g/mol. The third-order valence-corrected chi connectivity index (χ3v) is 6.44. The maximum atomic E-state index is 12.5. The third-order valence-electron chi connectivity index (χ3n) is 6.44. The Bertz CT molecular complexity index is 471. The maximum absolute atomic E-state index is 12.5. The van der Waals surface area contributed by atoms with Gasteiger partial charge >= 0.3 is 0 Å². The van der Waals surface area contributed by atoms with Crippen LogP contribution < -0.4 is 5.32 Å². The van der Waals surface area contributed by atoms with Crippen molar-refractivity contribution in [2.75, 3.05) is 19.6 Å². The van der Waals surface area contributed by atoms with Crippen molar-refractivity contribution in [2.24, 2.45) is 0 Å². The first kappa shape index (κ1) is 32.9. The topological polar surface area (TPSA) is 89.9 Å². The van der Waals surface area contributed by atoms with E-state index >= 15 is 0 Å². The van der Waals surface area contributed by atoms with Crippen molar-refractivity contribution >= 4 is 11.8 Å². The first-order valence-electron chi connectivity index (χ1n) is 14.4. The number of unbranched alkanes of at least 4 members (excludes halogenated alkanes) is 16. The molecular formula is C28H56N2O4. The van der Waals surface area contributed by atoms with Crippen molar-refractivity contribution in [3.8, 4) is 0 Å². The number of rotatable bonds is 25. The summed E-state index contributed by atoms with van der Waals surface area (Å²) in [7, 11) is 0. The van der Waals surface area contributed by atoms with E-state index in [0.29, 0.717) is 25.9 Å². The summed E-state index contributed by atoms with van der Waals surface area (Å²) in [5.74, 6) is -0.0527. The molecule has 0 atom stereocenters. The normalized spacial score (nSPS) is 11.2. The molecule has 0 spiro atoms. The molecule has 0 radical (unpaired) electrons. The van der Waals surface area contributed by atoms with Crippen LogP contribution >= 0.6 is 0 Å². The number of hydrogen-bond donors (Lipinski definition) is 3. The van der Waals surface area contributed by atoms with Crippen molar-refractivity contribution < 1.29 is 19.8 Å². The highest BCUT2D eigenvalue weighted by Gasteiger charge is 2.16. The van der Waals surface area contributed by atoms with Crippen molar-refractivity contribution in [1.82, 2.24) is 10.2 Å². The molecule has 0 aliphatic carbocycles. The van der Waals surface area contributed by atoms with Crippen LogP contribution in [0, 0.1) is 0 Å². The summed E-state index contributed by atoms with van der Waals surface area (Å²) in [6.07, 6.45) is 21.1. The first-order valence-corrected chi connectivity index (χ1v) is 14.4. The summed E-state index contributed by atoms with van der Waals surface area (Å²) in [5, 5.41) is 21.5. The van der Waals surface area contributed by atoms with E-state index in [2.05, 4.69) is 19.2 Å². The van der Waals surface area contributed by atoms with Crippen molar-refractivity contribution in [1.29, 1.82) is 0 Å². The molecule has 2 amide bonds. The summed E-state index contributed by atoms with van der Waals surface area (Å²) < 4.78 is 0. The van der Waals surface area contributed by atoms with E-state index in [-0.39, 0.29) is 18.4 Å². The lowest BCUT2D eigenvalue weighted by Gasteiger charge is -2.23. The van der Waals surface area contributed by atoms with Crippen LogP contribution in [-0.2, 0) is 9.59 Å². The molecule has 0 aromatic rings. The molecule has 0 aliphatic rings. The quantitative estimate of drug-likeness (QED) is 0.108. The molecule has 0 aromatic carbocycles. The standard InChI is InChI=1S/C28H56N2O4/c1-3-5-7-9-11-13-15-17-19-21-26(31)29-23-24-30(25-28(33)34)27(32)22-20-18-16-14-12-10-8-6-4-2/h28,33-34H,3-25H2,1-2H3,(H,29,31). The van der Waals surface area contributed by atoms with E-state index in [0.717, 1.165) is 32.1 Å².